The van der Waals surface area contributed by atoms with E-state index in [1.807, 2.05) is 0 Å². The summed E-state index contributed by atoms with van der Waals surface area (Å²) >= 11 is 0. The number of piperidine rings is 1. The molecule has 0 bridgehead atoms. The Morgan fingerprint density at radius 2 is 2.07 bits per heavy atom. The molecule has 2 aliphatic rings. The number of nitrogens with one attached hydrogen (secondary N) is 1. The maximum Gasteiger partial charge on any atom is 0.313 e. The fourth-order valence-electron chi connectivity index (χ4n) is 3.64. The van der Waals surface area contributed by atoms with E-state index >= 15 is 0 Å². The summed E-state index contributed by atoms with van der Waals surface area (Å²) < 4.78 is 5.44. The zero-order valence-electron chi connectivity index (χ0n) is 16.6. The second-order valence-corrected chi connectivity index (χ2v) is 7.97. The van der Waals surface area contributed by atoms with Gasteiger partial charge in [-0.15, -0.1) is 0 Å². The number of hydrogen-bond acceptors (Lipinski definition) is 7. The van der Waals surface area contributed by atoms with Crippen molar-refractivity contribution in [2.24, 2.45) is 0 Å². The molecule has 2 saturated heterocycles. The third-order valence-corrected chi connectivity index (χ3v) is 5.70. The van der Waals surface area contributed by atoms with Crippen LogP contribution in [-0.4, -0.2) is 78.4 Å². The van der Waals surface area contributed by atoms with Gasteiger partial charge in [0, 0.05) is 37.4 Å². The summed E-state index contributed by atoms with van der Waals surface area (Å²) in [5.41, 5.74) is -0.423. The lowest BCUT2D eigenvalue weighted by molar-refractivity contribution is -0.142. The van der Waals surface area contributed by atoms with E-state index in [1.54, 1.807) is 20.0 Å². The van der Waals surface area contributed by atoms with Gasteiger partial charge >= 0.3 is 5.97 Å². The standard InChI is InChI=1S/C19H31N5O3/c1-19(2,17(25)26)15-13-21-18(20-12-14-6-4-5-7-23(14)3)22-16(15)24-8-10-27-11-9-24/h13-14H,4-12H2,1-3H3,(H,25,26)(H,20,21,22)/t14-/m0/s1. The molecule has 0 unspecified atom stereocenters. The molecular formula is C19H31N5O3. The van der Waals surface area contributed by atoms with Crippen molar-refractivity contribution in [3.8, 4) is 0 Å². The number of likely N-dealkylation sites (tertiary alicyclic amines) is 1. The molecule has 2 N–H and O–H groups in total. The molecule has 150 valence electrons. The van der Waals surface area contributed by atoms with Gasteiger partial charge in [0.25, 0.3) is 0 Å². The Labute approximate surface area is 160 Å². The van der Waals surface area contributed by atoms with Gasteiger partial charge in [0.2, 0.25) is 5.95 Å². The fraction of sp³-hybridized carbons (Fsp3) is 0.737. The van der Waals surface area contributed by atoms with Crippen molar-refractivity contribution in [1.82, 2.24) is 14.9 Å². The van der Waals surface area contributed by atoms with E-state index < -0.39 is 11.4 Å². The highest BCUT2D eigenvalue weighted by atomic mass is 16.5. The lowest BCUT2D eigenvalue weighted by atomic mass is 9.85. The average Bonchev–Trinajstić information content (AvgIpc) is 2.67. The normalized spacial score (nSPS) is 21.9. The number of aromatic nitrogens is 2. The topological polar surface area (TPSA) is 90.8 Å². The van der Waals surface area contributed by atoms with Crippen molar-refractivity contribution in [3.05, 3.63) is 11.8 Å². The lowest BCUT2D eigenvalue weighted by Crippen LogP contribution is -2.41. The number of carbonyl (C=O) groups is 1. The van der Waals surface area contributed by atoms with E-state index in [1.165, 1.54) is 19.3 Å². The van der Waals surface area contributed by atoms with Crippen LogP contribution in [0.1, 0.15) is 38.7 Å². The second kappa shape index (κ2) is 8.39. The quantitative estimate of drug-likeness (QED) is 0.772. The number of carboxylic acid groups (broad SMARTS) is 1. The van der Waals surface area contributed by atoms with Crippen molar-refractivity contribution < 1.29 is 14.6 Å². The smallest absolute Gasteiger partial charge is 0.313 e. The summed E-state index contributed by atoms with van der Waals surface area (Å²) in [4.78, 5) is 25.4. The number of ether oxygens (including phenoxy) is 1. The minimum atomic E-state index is -1.06. The van der Waals surface area contributed by atoms with Crippen molar-refractivity contribution in [2.75, 3.05) is 56.7 Å². The molecule has 8 heteroatoms. The number of likely N-dealkylation sites (N-methyl/N-ethyl adjacent to an activating group) is 1. The van der Waals surface area contributed by atoms with E-state index in [2.05, 4.69) is 27.1 Å². The van der Waals surface area contributed by atoms with Crippen LogP contribution in [-0.2, 0) is 14.9 Å². The highest BCUT2D eigenvalue weighted by molar-refractivity contribution is 5.82. The van der Waals surface area contributed by atoms with E-state index in [4.69, 9.17) is 9.72 Å². The van der Waals surface area contributed by atoms with Gasteiger partial charge in [-0.2, -0.15) is 4.98 Å². The van der Waals surface area contributed by atoms with Crippen LogP contribution in [0.4, 0.5) is 11.8 Å². The van der Waals surface area contributed by atoms with E-state index in [0.29, 0.717) is 49.7 Å². The highest BCUT2D eigenvalue weighted by Crippen LogP contribution is 2.32. The molecule has 0 aliphatic carbocycles. The first-order valence-electron chi connectivity index (χ1n) is 9.77. The largest absolute Gasteiger partial charge is 0.481 e. The number of anilines is 2. The number of rotatable bonds is 6. The van der Waals surface area contributed by atoms with Gasteiger partial charge in [0.05, 0.1) is 18.6 Å². The summed E-state index contributed by atoms with van der Waals surface area (Å²) in [5, 5.41) is 13.0. The lowest BCUT2D eigenvalue weighted by Gasteiger charge is -2.33. The van der Waals surface area contributed by atoms with Gasteiger partial charge in [0.1, 0.15) is 5.82 Å². The number of morpholine rings is 1. The molecule has 3 heterocycles. The zero-order valence-corrected chi connectivity index (χ0v) is 16.6. The minimum absolute atomic E-state index is 0.476. The molecule has 8 nitrogen and oxygen atoms in total. The Morgan fingerprint density at radius 3 is 2.74 bits per heavy atom. The molecule has 27 heavy (non-hydrogen) atoms. The molecule has 0 radical (unpaired) electrons. The molecular weight excluding hydrogens is 346 g/mol. The highest BCUT2D eigenvalue weighted by Gasteiger charge is 2.35. The maximum absolute atomic E-state index is 11.8. The van der Waals surface area contributed by atoms with Crippen LogP contribution in [0.5, 0.6) is 0 Å². The summed E-state index contributed by atoms with van der Waals surface area (Å²) in [6, 6.07) is 0.476. The van der Waals surface area contributed by atoms with Gasteiger partial charge in [-0.25, -0.2) is 4.98 Å². The van der Waals surface area contributed by atoms with E-state index in [0.717, 1.165) is 13.1 Å². The zero-order chi connectivity index (χ0) is 19.4. The molecule has 1 aromatic rings. The van der Waals surface area contributed by atoms with E-state index in [9.17, 15) is 9.90 Å². The van der Waals surface area contributed by atoms with Gasteiger partial charge in [-0.05, 0) is 40.3 Å². The summed E-state index contributed by atoms with van der Waals surface area (Å²) in [6.45, 7) is 7.94. The Morgan fingerprint density at radius 1 is 1.33 bits per heavy atom. The third kappa shape index (κ3) is 4.50. The number of carboxylic acids is 1. The number of hydrogen-bond donors (Lipinski definition) is 2. The molecule has 0 saturated carbocycles. The van der Waals surface area contributed by atoms with Crippen LogP contribution in [0.15, 0.2) is 6.20 Å². The van der Waals surface area contributed by atoms with Gasteiger partial charge in [0.15, 0.2) is 0 Å². The average molecular weight is 377 g/mol. The maximum atomic E-state index is 11.8. The Hall–Kier alpha value is -1.93. The summed E-state index contributed by atoms with van der Waals surface area (Å²) in [6.07, 6.45) is 5.34. The van der Waals surface area contributed by atoms with Crippen LogP contribution >= 0.6 is 0 Å². The summed E-state index contributed by atoms with van der Waals surface area (Å²) in [5.74, 6) is 0.366. The summed E-state index contributed by atoms with van der Waals surface area (Å²) in [7, 11) is 2.16. The first-order valence-corrected chi connectivity index (χ1v) is 9.77. The van der Waals surface area contributed by atoms with Gasteiger partial charge in [-0.3, -0.25) is 4.79 Å². The monoisotopic (exact) mass is 377 g/mol. The van der Waals surface area contributed by atoms with Crippen LogP contribution in [0.2, 0.25) is 0 Å². The fourth-order valence-corrected chi connectivity index (χ4v) is 3.64. The molecule has 2 fully saturated rings. The number of nitrogens with zero attached hydrogens (tertiary/aromatic N) is 4. The molecule has 1 aromatic heterocycles. The van der Waals surface area contributed by atoms with Gasteiger partial charge < -0.3 is 25.0 Å². The molecule has 2 aliphatic heterocycles. The Bertz CT molecular complexity index is 661. The van der Waals surface area contributed by atoms with Crippen LogP contribution in [0.25, 0.3) is 0 Å². The first kappa shape index (κ1) is 19.8. The van der Waals surface area contributed by atoms with Crippen molar-refractivity contribution >= 4 is 17.7 Å². The molecule has 1 atom stereocenters. The van der Waals surface area contributed by atoms with Crippen molar-refractivity contribution in [3.63, 3.8) is 0 Å². The number of aliphatic carboxylic acids is 1. The van der Waals surface area contributed by atoms with Crippen molar-refractivity contribution in [1.29, 1.82) is 0 Å². The minimum Gasteiger partial charge on any atom is -0.481 e. The second-order valence-electron chi connectivity index (χ2n) is 7.97. The molecule has 3 rings (SSSR count). The third-order valence-electron chi connectivity index (χ3n) is 5.70. The molecule has 0 spiro atoms. The van der Waals surface area contributed by atoms with Gasteiger partial charge in [-0.1, -0.05) is 6.42 Å². The molecule has 0 aromatic carbocycles. The predicted molar refractivity (Wildman–Crippen MR) is 104 cm³/mol. The van der Waals surface area contributed by atoms with Crippen LogP contribution < -0.4 is 10.2 Å². The molecule has 0 amide bonds. The Balaban J connectivity index is 1.82. The van der Waals surface area contributed by atoms with Crippen molar-refractivity contribution in [2.45, 2.75) is 44.6 Å². The first-order chi connectivity index (χ1) is 12.9. The van der Waals surface area contributed by atoms with E-state index in [-0.39, 0.29) is 0 Å². The Kier molecular flexibility index (Phi) is 6.16. The van der Waals surface area contributed by atoms with Crippen LogP contribution in [0.3, 0.4) is 0 Å². The van der Waals surface area contributed by atoms with Crippen LogP contribution in [0, 0.1) is 0 Å². The predicted octanol–water partition coefficient (Wildman–Crippen LogP) is 1.57. The SMILES string of the molecule is CN1CCCC[C@H]1CNc1ncc(C(C)(C)C(=O)O)c(N2CCOCC2)n1.